The van der Waals surface area contributed by atoms with E-state index in [4.69, 9.17) is 14.7 Å². The highest BCUT2D eigenvalue weighted by atomic mass is 31.2. The van der Waals surface area contributed by atoms with E-state index in [2.05, 4.69) is 9.05 Å². The Bertz CT molecular complexity index is 207. The molecule has 0 bridgehead atoms. The first-order chi connectivity index (χ1) is 6.03. The molecule has 0 aromatic rings. The number of hydrogen-bond donors (Lipinski definition) is 2. The number of phosphoric acid groups is 1. The molecule has 7 heteroatoms. The fourth-order valence-electron chi connectivity index (χ4n) is 1.04. The molecule has 2 N–H and O–H groups in total. The van der Waals surface area contributed by atoms with Crippen molar-refractivity contribution in [1.29, 1.82) is 0 Å². The van der Waals surface area contributed by atoms with Crippen LogP contribution in [0, 0.1) is 0 Å². The number of ether oxygens (including phenoxy) is 1. The molecule has 1 aliphatic heterocycles. The average molecular weight is 212 g/mol. The van der Waals surface area contributed by atoms with Gasteiger partial charge in [-0.15, -0.1) is 0 Å². The predicted octanol–water partition coefficient (Wildman–Crippen LogP) is 0.247. The highest BCUT2D eigenvalue weighted by Crippen LogP contribution is 2.42. The molecule has 1 heterocycles. The van der Waals surface area contributed by atoms with E-state index in [9.17, 15) is 4.57 Å². The van der Waals surface area contributed by atoms with Gasteiger partial charge in [-0.1, -0.05) is 0 Å². The summed E-state index contributed by atoms with van der Waals surface area (Å²) in [6.45, 7) is -0.0430. The van der Waals surface area contributed by atoms with Crippen molar-refractivity contribution < 1.29 is 28.3 Å². The van der Waals surface area contributed by atoms with Crippen molar-refractivity contribution in [3.63, 3.8) is 0 Å². The zero-order valence-corrected chi connectivity index (χ0v) is 8.15. The van der Waals surface area contributed by atoms with Crippen molar-refractivity contribution in [2.75, 3.05) is 13.7 Å². The number of aliphatic hydroxyl groups excluding tert-OH is 1. The third-order valence-electron chi connectivity index (χ3n) is 1.74. The monoisotopic (exact) mass is 212 g/mol. The van der Waals surface area contributed by atoms with Gasteiger partial charge < -0.3 is 14.7 Å². The van der Waals surface area contributed by atoms with Crippen LogP contribution in [0.3, 0.4) is 0 Å². The van der Waals surface area contributed by atoms with Crippen molar-refractivity contribution in [3.8, 4) is 0 Å². The van der Waals surface area contributed by atoms with Gasteiger partial charge in [0.25, 0.3) is 0 Å². The Kier molecular flexibility index (Phi) is 3.85. The Labute approximate surface area is 76.0 Å². The van der Waals surface area contributed by atoms with Crippen LogP contribution in [0.4, 0.5) is 0 Å². The largest absolute Gasteiger partial charge is 0.472 e. The Hall–Kier alpha value is 0.0300. The van der Waals surface area contributed by atoms with Crippen molar-refractivity contribution >= 4 is 7.82 Å². The SMILES string of the molecule is COP(=O)(O)OC[C@@H]1CC[C@H](O)O1. The summed E-state index contributed by atoms with van der Waals surface area (Å²) in [6, 6.07) is 0. The van der Waals surface area contributed by atoms with Crippen molar-refractivity contribution in [2.45, 2.75) is 25.2 Å². The van der Waals surface area contributed by atoms with Gasteiger partial charge in [0.15, 0.2) is 6.29 Å². The molecule has 13 heavy (non-hydrogen) atoms. The molecule has 0 aliphatic carbocycles. The van der Waals surface area contributed by atoms with Crippen LogP contribution in [0.1, 0.15) is 12.8 Å². The van der Waals surface area contributed by atoms with Crippen LogP contribution in [0.25, 0.3) is 0 Å². The van der Waals surface area contributed by atoms with E-state index < -0.39 is 14.1 Å². The van der Waals surface area contributed by atoms with E-state index in [1.807, 2.05) is 0 Å². The van der Waals surface area contributed by atoms with E-state index in [1.54, 1.807) is 0 Å². The molecule has 78 valence electrons. The molecule has 0 saturated carbocycles. The topological polar surface area (TPSA) is 85.2 Å². The standard InChI is InChI=1S/C6H13O6P/c1-10-13(8,9)11-4-5-2-3-6(7)12-5/h5-7H,2-4H2,1H3,(H,8,9)/t5-,6+/m0/s1. The van der Waals surface area contributed by atoms with Gasteiger partial charge >= 0.3 is 7.82 Å². The summed E-state index contributed by atoms with van der Waals surface area (Å²) in [6.07, 6.45) is 0.0292. The first-order valence-electron chi connectivity index (χ1n) is 3.90. The molecule has 1 saturated heterocycles. The smallest absolute Gasteiger partial charge is 0.368 e. The van der Waals surface area contributed by atoms with Crippen LogP contribution >= 0.6 is 7.82 Å². The molecule has 0 radical (unpaired) electrons. The van der Waals surface area contributed by atoms with Gasteiger partial charge in [-0.05, 0) is 6.42 Å². The van der Waals surface area contributed by atoms with Gasteiger partial charge in [-0.2, -0.15) is 0 Å². The van der Waals surface area contributed by atoms with E-state index in [1.165, 1.54) is 0 Å². The number of aliphatic hydroxyl groups is 1. The second-order valence-corrected chi connectivity index (χ2v) is 4.30. The Morgan fingerprint density at radius 3 is 2.77 bits per heavy atom. The zero-order chi connectivity index (χ0) is 9.90. The third-order valence-corrected chi connectivity index (χ3v) is 2.68. The summed E-state index contributed by atoms with van der Waals surface area (Å²) in [7, 11) is -2.82. The molecule has 1 aliphatic rings. The second kappa shape index (κ2) is 4.50. The van der Waals surface area contributed by atoms with Gasteiger partial charge in [0, 0.05) is 13.5 Å². The molecule has 1 rings (SSSR count). The number of phosphoric ester groups is 1. The molecular formula is C6H13O6P. The van der Waals surface area contributed by atoms with Gasteiger partial charge in [-0.25, -0.2) is 4.57 Å². The summed E-state index contributed by atoms with van der Waals surface area (Å²) in [5.41, 5.74) is 0. The summed E-state index contributed by atoms with van der Waals surface area (Å²) in [5, 5.41) is 8.95. The van der Waals surface area contributed by atoms with E-state index in [0.29, 0.717) is 12.8 Å². The average Bonchev–Trinajstić information content (AvgIpc) is 2.48. The molecule has 0 aromatic heterocycles. The second-order valence-electron chi connectivity index (χ2n) is 2.74. The third kappa shape index (κ3) is 3.72. The first kappa shape index (κ1) is 11.1. The molecular weight excluding hydrogens is 199 g/mol. The maximum Gasteiger partial charge on any atom is 0.472 e. The number of rotatable bonds is 4. The minimum absolute atomic E-state index is 0.0430. The van der Waals surface area contributed by atoms with Crippen LogP contribution in [-0.4, -0.2) is 36.1 Å². The Morgan fingerprint density at radius 1 is 1.62 bits per heavy atom. The van der Waals surface area contributed by atoms with Crippen molar-refractivity contribution in [3.05, 3.63) is 0 Å². The lowest BCUT2D eigenvalue weighted by Gasteiger charge is -2.13. The van der Waals surface area contributed by atoms with E-state index in [-0.39, 0.29) is 12.7 Å². The van der Waals surface area contributed by atoms with Gasteiger partial charge in [-0.3, -0.25) is 9.05 Å². The Morgan fingerprint density at radius 2 is 2.31 bits per heavy atom. The van der Waals surface area contributed by atoms with E-state index >= 15 is 0 Å². The quantitative estimate of drug-likeness (QED) is 0.649. The minimum atomic E-state index is -3.91. The zero-order valence-electron chi connectivity index (χ0n) is 7.25. The van der Waals surface area contributed by atoms with Gasteiger partial charge in [0.05, 0.1) is 12.7 Å². The summed E-state index contributed by atoms with van der Waals surface area (Å²) in [4.78, 5) is 8.84. The Balaban J connectivity index is 2.23. The maximum absolute atomic E-state index is 10.8. The lowest BCUT2D eigenvalue weighted by Crippen LogP contribution is -2.16. The molecule has 1 unspecified atom stereocenters. The van der Waals surface area contributed by atoms with Crippen LogP contribution in [0.5, 0.6) is 0 Å². The van der Waals surface area contributed by atoms with Gasteiger partial charge in [0.1, 0.15) is 0 Å². The molecule has 0 spiro atoms. The highest BCUT2D eigenvalue weighted by molar-refractivity contribution is 7.47. The van der Waals surface area contributed by atoms with Crippen molar-refractivity contribution in [1.82, 2.24) is 0 Å². The highest BCUT2D eigenvalue weighted by Gasteiger charge is 2.27. The summed E-state index contributed by atoms with van der Waals surface area (Å²) < 4.78 is 24.5. The molecule has 0 amide bonds. The first-order valence-corrected chi connectivity index (χ1v) is 5.39. The summed E-state index contributed by atoms with van der Waals surface area (Å²) in [5.74, 6) is 0. The lowest BCUT2D eigenvalue weighted by molar-refractivity contribution is -0.100. The lowest BCUT2D eigenvalue weighted by atomic mass is 10.2. The maximum atomic E-state index is 10.8. The normalized spacial score (nSPS) is 33.2. The molecule has 3 atom stereocenters. The van der Waals surface area contributed by atoms with Crippen LogP contribution in [0.2, 0.25) is 0 Å². The molecule has 1 fully saturated rings. The fourth-order valence-corrected chi connectivity index (χ4v) is 1.50. The fraction of sp³-hybridized carbons (Fsp3) is 1.00. The molecule has 0 aromatic carbocycles. The van der Waals surface area contributed by atoms with Crippen LogP contribution in [-0.2, 0) is 18.3 Å². The van der Waals surface area contributed by atoms with Crippen LogP contribution < -0.4 is 0 Å². The number of hydrogen-bond acceptors (Lipinski definition) is 5. The van der Waals surface area contributed by atoms with Crippen molar-refractivity contribution in [2.24, 2.45) is 0 Å². The van der Waals surface area contributed by atoms with Crippen LogP contribution in [0.15, 0.2) is 0 Å². The summed E-state index contributed by atoms with van der Waals surface area (Å²) >= 11 is 0. The van der Waals surface area contributed by atoms with Gasteiger partial charge in [0.2, 0.25) is 0 Å². The predicted molar refractivity (Wildman–Crippen MR) is 42.9 cm³/mol. The van der Waals surface area contributed by atoms with E-state index in [0.717, 1.165) is 7.11 Å². The molecule has 6 nitrogen and oxygen atoms in total. The minimum Gasteiger partial charge on any atom is -0.368 e.